The van der Waals surface area contributed by atoms with E-state index in [2.05, 4.69) is 25.8 Å². The molecule has 2 aliphatic rings. The van der Waals surface area contributed by atoms with Gasteiger partial charge in [0.25, 0.3) is 0 Å². The SMILES string of the molecule is CC1(C)C2CCC1(C)C(OCc1ccc(CN)cn1)C2. The number of hydrogen-bond acceptors (Lipinski definition) is 3. The van der Waals surface area contributed by atoms with Crippen LogP contribution in [0.4, 0.5) is 0 Å². The van der Waals surface area contributed by atoms with Crippen LogP contribution in [0.1, 0.15) is 51.3 Å². The molecule has 20 heavy (non-hydrogen) atoms. The number of aromatic nitrogens is 1. The Bertz CT molecular complexity index is 482. The summed E-state index contributed by atoms with van der Waals surface area (Å²) in [5.74, 6) is 0.824. The Kier molecular flexibility index (Phi) is 3.38. The molecule has 3 rings (SSSR count). The van der Waals surface area contributed by atoms with Crippen molar-refractivity contribution >= 4 is 0 Å². The molecule has 3 heteroatoms. The number of nitrogens with zero attached hydrogens (tertiary/aromatic N) is 1. The molecular weight excluding hydrogens is 248 g/mol. The molecule has 2 N–H and O–H groups in total. The highest BCUT2D eigenvalue weighted by Crippen LogP contribution is 2.66. The van der Waals surface area contributed by atoms with Gasteiger partial charge in [0, 0.05) is 12.7 Å². The van der Waals surface area contributed by atoms with Gasteiger partial charge in [-0.3, -0.25) is 4.98 Å². The Balaban J connectivity index is 1.65. The maximum absolute atomic E-state index is 6.24. The molecular formula is C17H26N2O. The molecule has 1 heterocycles. The quantitative estimate of drug-likeness (QED) is 0.916. The maximum atomic E-state index is 6.24. The fourth-order valence-electron chi connectivity index (χ4n) is 4.23. The third kappa shape index (κ3) is 1.99. The van der Waals surface area contributed by atoms with E-state index in [4.69, 9.17) is 10.5 Å². The molecule has 2 saturated carbocycles. The summed E-state index contributed by atoms with van der Waals surface area (Å²) < 4.78 is 6.24. The Morgan fingerprint density at radius 1 is 1.35 bits per heavy atom. The smallest absolute Gasteiger partial charge is 0.0891 e. The zero-order chi connectivity index (χ0) is 14.4. The highest BCUT2D eigenvalue weighted by atomic mass is 16.5. The minimum atomic E-state index is 0.328. The molecule has 2 aliphatic carbocycles. The highest BCUT2D eigenvalue weighted by Gasteiger charge is 2.61. The molecule has 1 aromatic rings. The maximum Gasteiger partial charge on any atom is 0.0891 e. The second-order valence-corrected chi connectivity index (χ2v) is 7.27. The van der Waals surface area contributed by atoms with Gasteiger partial charge in [-0.2, -0.15) is 0 Å². The minimum absolute atomic E-state index is 0.328. The van der Waals surface area contributed by atoms with Crippen molar-refractivity contribution in [2.45, 2.75) is 59.3 Å². The van der Waals surface area contributed by atoms with Gasteiger partial charge in [-0.05, 0) is 47.6 Å². The number of nitrogens with two attached hydrogens (primary N) is 1. The van der Waals surface area contributed by atoms with E-state index in [1.54, 1.807) is 0 Å². The number of ether oxygens (including phenoxy) is 1. The van der Waals surface area contributed by atoms with Crippen molar-refractivity contribution in [3.05, 3.63) is 29.6 Å². The van der Waals surface area contributed by atoms with E-state index in [-0.39, 0.29) is 0 Å². The van der Waals surface area contributed by atoms with Crippen LogP contribution in [0.25, 0.3) is 0 Å². The van der Waals surface area contributed by atoms with E-state index in [1.165, 1.54) is 19.3 Å². The predicted molar refractivity (Wildman–Crippen MR) is 79.9 cm³/mol. The van der Waals surface area contributed by atoms with Crippen LogP contribution in [0.15, 0.2) is 18.3 Å². The number of rotatable bonds is 4. The van der Waals surface area contributed by atoms with Crippen molar-refractivity contribution < 1.29 is 4.74 Å². The second kappa shape index (κ2) is 4.81. The van der Waals surface area contributed by atoms with Gasteiger partial charge in [-0.15, -0.1) is 0 Å². The van der Waals surface area contributed by atoms with E-state index in [0.717, 1.165) is 17.2 Å². The highest BCUT2D eigenvalue weighted by molar-refractivity contribution is 5.14. The first kappa shape index (κ1) is 14.0. The summed E-state index contributed by atoms with van der Waals surface area (Å²) in [6, 6.07) is 4.07. The summed E-state index contributed by atoms with van der Waals surface area (Å²) in [7, 11) is 0. The van der Waals surface area contributed by atoms with Crippen molar-refractivity contribution in [1.29, 1.82) is 0 Å². The number of pyridine rings is 1. The van der Waals surface area contributed by atoms with Crippen LogP contribution < -0.4 is 5.73 Å². The molecule has 3 nitrogen and oxygen atoms in total. The van der Waals surface area contributed by atoms with Gasteiger partial charge >= 0.3 is 0 Å². The first-order valence-corrected chi connectivity index (χ1v) is 7.73. The fourth-order valence-corrected chi connectivity index (χ4v) is 4.23. The van der Waals surface area contributed by atoms with Crippen molar-refractivity contribution in [1.82, 2.24) is 4.98 Å². The summed E-state index contributed by atoms with van der Waals surface area (Å²) in [6.07, 6.45) is 6.12. The third-order valence-corrected chi connectivity index (χ3v) is 6.27. The topological polar surface area (TPSA) is 48.1 Å². The zero-order valence-electron chi connectivity index (χ0n) is 12.9. The van der Waals surface area contributed by atoms with Crippen LogP contribution in [0.2, 0.25) is 0 Å². The van der Waals surface area contributed by atoms with Crippen LogP contribution in [-0.2, 0) is 17.9 Å². The van der Waals surface area contributed by atoms with Crippen molar-refractivity contribution in [3.63, 3.8) is 0 Å². The van der Waals surface area contributed by atoms with E-state index in [9.17, 15) is 0 Å². The molecule has 0 radical (unpaired) electrons. The summed E-state index contributed by atoms with van der Waals surface area (Å²) in [5, 5.41) is 0. The van der Waals surface area contributed by atoms with Gasteiger partial charge in [-0.1, -0.05) is 26.8 Å². The second-order valence-electron chi connectivity index (χ2n) is 7.27. The van der Waals surface area contributed by atoms with Gasteiger partial charge in [0.15, 0.2) is 0 Å². The van der Waals surface area contributed by atoms with Gasteiger partial charge < -0.3 is 10.5 Å². The average Bonchev–Trinajstić information content (AvgIpc) is 2.78. The van der Waals surface area contributed by atoms with E-state index >= 15 is 0 Å². The average molecular weight is 274 g/mol. The molecule has 0 aliphatic heterocycles. The summed E-state index contributed by atoms with van der Waals surface area (Å²) in [6.45, 7) is 8.42. The monoisotopic (exact) mass is 274 g/mol. The van der Waals surface area contributed by atoms with Crippen molar-refractivity contribution in [2.75, 3.05) is 0 Å². The first-order chi connectivity index (χ1) is 9.47. The lowest BCUT2D eigenvalue weighted by Crippen LogP contribution is -2.37. The molecule has 0 saturated heterocycles. The molecule has 3 unspecified atom stereocenters. The summed E-state index contributed by atoms with van der Waals surface area (Å²) in [4.78, 5) is 4.43. The molecule has 3 atom stereocenters. The van der Waals surface area contributed by atoms with E-state index in [1.807, 2.05) is 18.3 Å². The molecule has 0 aromatic carbocycles. The first-order valence-electron chi connectivity index (χ1n) is 7.73. The van der Waals surface area contributed by atoms with Crippen LogP contribution in [0.5, 0.6) is 0 Å². The van der Waals surface area contributed by atoms with Gasteiger partial charge in [0.2, 0.25) is 0 Å². The van der Waals surface area contributed by atoms with E-state index in [0.29, 0.717) is 30.1 Å². The molecule has 0 amide bonds. The van der Waals surface area contributed by atoms with Gasteiger partial charge in [-0.25, -0.2) is 0 Å². The third-order valence-electron chi connectivity index (χ3n) is 6.27. The predicted octanol–water partition coefficient (Wildman–Crippen LogP) is 3.27. The Morgan fingerprint density at radius 3 is 2.65 bits per heavy atom. The van der Waals surface area contributed by atoms with Crippen LogP contribution >= 0.6 is 0 Å². The molecule has 1 aromatic heterocycles. The Morgan fingerprint density at radius 2 is 2.15 bits per heavy atom. The molecule has 110 valence electrons. The molecule has 0 spiro atoms. The summed E-state index contributed by atoms with van der Waals surface area (Å²) >= 11 is 0. The Hall–Kier alpha value is -0.930. The lowest BCUT2D eigenvalue weighted by molar-refractivity contribution is -0.0560. The summed E-state index contributed by atoms with van der Waals surface area (Å²) in [5.41, 5.74) is 8.41. The normalized spacial score (nSPS) is 34.6. The Labute approximate surface area is 121 Å². The standard InChI is InChI=1S/C17H26N2O/c1-16(2)13-6-7-17(16,3)15(8-13)20-11-14-5-4-12(9-18)10-19-14/h4-5,10,13,15H,6-9,11,18H2,1-3H3. The number of fused-ring (bicyclic) bond motifs is 2. The van der Waals surface area contributed by atoms with Crippen LogP contribution in [0.3, 0.4) is 0 Å². The minimum Gasteiger partial charge on any atom is -0.371 e. The van der Waals surface area contributed by atoms with Crippen LogP contribution in [-0.4, -0.2) is 11.1 Å². The van der Waals surface area contributed by atoms with Gasteiger partial charge in [0.05, 0.1) is 18.4 Å². The van der Waals surface area contributed by atoms with Crippen molar-refractivity contribution in [3.8, 4) is 0 Å². The molecule has 2 bridgehead atoms. The van der Waals surface area contributed by atoms with Gasteiger partial charge in [0.1, 0.15) is 0 Å². The number of hydrogen-bond donors (Lipinski definition) is 1. The largest absolute Gasteiger partial charge is 0.371 e. The van der Waals surface area contributed by atoms with E-state index < -0.39 is 0 Å². The van der Waals surface area contributed by atoms with Crippen LogP contribution in [0, 0.1) is 16.7 Å². The fraction of sp³-hybridized carbons (Fsp3) is 0.706. The lowest BCUT2D eigenvalue weighted by Gasteiger charge is -2.38. The lowest BCUT2D eigenvalue weighted by atomic mass is 9.70. The zero-order valence-corrected chi connectivity index (χ0v) is 12.9. The van der Waals surface area contributed by atoms with Crippen molar-refractivity contribution in [2.24, 2.45) is 22.5 Å². The molecule has 2 fully saturated rings.